The molecule has 0 heterocycles. The number of aliphatic hydroxyl groups excluding tert-OH is 1. The van der Waals surface area contributed by atoms with Crippen LogP contribution in [0.2, 0.25) is 0 Å². The van der Waals surface area contributed by atoms with Crippen LogP contribution in [0.4, 0.5) is 0 Å². The molecule has 15 heavy (non-hydrogen) atoms. The second kappa shape index (κ2) is 5.04. The highest BCUT2D eigenvalue weighted by Crippen LogP contribution is 2.25. The lowest BCUT2D eigenvalue weighted by atomic mass is 10.0. The third-order valence-electron chi connectivity index (χ3n) is 2.29. The Morgan fingerprint density at radius 3 is 2.67 bits per heavy atom. The summed E-state index contributed by atoms with van der Waals surface area (Å²) in [4.78, 5) is 0.931. The summed E-state index contributed by atoms with van der Waals surface area (Å²) >= 11 is 1.52. The maximum atomic E-state index is 9.11. The minimum Gasteiger partial charge on any atom is -0.409 e. The molecule has 0 aliphatic rings. The van der Waals surface area contributed by atoms with E-state index in [1.54, 1.807) is 0 Å². The highest BCUT2D eigenvalue weighted by Gasteiger charge is 2.12. The Labute approximate surface area is 92.8 Å². The third kappa shape index (κ3) is 2.24. The summed E-state index contributed by atoms with van der Waals surface area (Å²) in [6, 6.07) is 3.70. The van der Waals surface area contributed by atoms with Crippen molar-refractivity contribution in [3.63, 3.8) is 0 Å². The molecule has 4 N–H and O–H groups in total. The van der Waals surface area contributed by atoms with Gasteiger partial charge in [-0.2, -0.15) is 0 Å². The van der Waals surface area contributed by atoms with Gasteiger partial charge in [0.1, 0.15) is 0 Å². The van der Waals surface area contributed by atoms with E-state index < -0.39 is 0 Å². The summed E-state index contributed by atoms with van der Waals surface area (Å²) in [5.74, 6) is 0.0761. The number of nitrogens with two attached hydrogens (primary N) is 1. The molecule has 82 valence electrons. The number of nitrogens with zero attached hydrogens (tertiary/aromatic N) is 1. The topological polar surface area (TPSA) is 78.8 Å². The predicted molar refractivity (Wildman–Crippen MR) is 61.4 cm³/mol. The molecule has 0 unspecified atom stereocenters. The van der Waals surface area contributed by atoms with Crippen molar-refractivity contribution in [1.82, 2.24) is 0 Å². The van der Waals surface area contributed by atoms with Crippen molar-refractivity contribution in [1.29, 1.82) is 0 Å². The van der Waals surface area contributed by atoms with Gasteiger partial charge in [0, 0.05) is 10.5 Å². The molecule has 0 aliphatic carbocycles. The monoisotopic (exact) mass is 226 g/mol. The van der Waals surface area contributed by atoms with Gasteiger partial charge in [0.2, 0.25) is 0 Å². The average molecular weight is 226 g/mol. The first-order chi connectivity index (χ1) is 7.15. The van der Waals surface area contributed by atoms with Gasteiger partial charge in [-0.05, 0) is 30.4 Å². The van der Waals surface area contributed by atoms with E-state index in [2.05, 4.69) is 5.16 Å². The molecule has 0 aromatic heterocycles. The normalized spacial score (nSPS) is 11.8. The number of hydrogen-bond acceptors (Lipinski definition) is 4. The molecule has 0 saturated carbocycles. The second-order valence-corrected chi connectivity index (χ2v) is 3.92. The molecule has 0 radical (unpaired) electrons. The fraction of sp³-hybridized carbons (Fsp3) is 0.300. The van der Waals surface area contributed by atoms with E-state index in [1.165, 1.54) is 11.8 Å². The molecule has 0 bridgehead atoms. The molecule has 0 amide bonds. The van der Waals surface area contributed by atoms with Crippen LogP contribution in [-0.2, 0) is 6.61 Å². The standard InChI is InChI=1S/C10H14N2O2S/c1-6-7(5-13)3-4-8(15-2)9(6)10(11)12-14/h3-4,13-14H,5H2,1-2H3,(H2,11,12). The van der Waals surface area contributed by atoms with Gasteiger partial charge in [-0.25, -0.2) is 0 Å². The van der Waals surface area contributed by atoms with Gasteiger partial charge < -0.3 is 16.0 Å². The first-order valence-electron chi connectivity index (χ1n) is 4.41. The van der Waals surface area contributed by atoms with Gasteiger partial charge in [0.05, 0.1) is 6.61 Å². The van der Waals surface area contributed by atoms with Crippen molar-refractivity contribution in [3.8, 4) is 0 Å². The van der Waals surface area contributed by atoms with Crippen LogP contribution in [0.5, 0.6) is 0 Å². The number of oxime groups is 1. The Hall–Kier alpha value is -1.20. The van der Waals surface area contributed by atoms with Crippen molar-refractivity contribution in [2.24, 2.45) is 10.9 Å². The molecule has 1 rings (SSSR count). The second-order valence-electron chi connectivity index (χ2n) is 3.07. The Morgan fingerprint density at radius 1 is 1.53 bits per heavy atom. The van der Waals surface area contributed by atoms with E-state index in [9.17, 15) is 0 Å². The summed E-state index contributed by atoms with van der Waals surface area (Å²) in [5.41, 5.74) is 7.92. The number of hydrogen-bond donors (Lipinski definition) is 3. The maximum absolute atomic E-state index is 9.11. The summed E-state index contributed by atoms with van der Waals surface area (Å²) in [6.45, 7) is 1.80. The lowest BCUT2D eigenvalue weighted by Gasteiger charge is -2.12. The van der Waals surface area contributed by atoms with Crippen LogP contribution in [0, 0.1) is 6.92 Å². The van der Waals surface area contributed by atoms with E-state index in [0.717, 1.165) is 16.0 Å². The Morgan fingerprint density at radius 2 is 2.20 bits per heavy atom. The lowest BCUT2D eigenvalue weighted by Crippen LogP contribution is -2.17. The molecule has 1 aromatic rings. The Balaban J connectivity index is 3.42. The highest BCUT2D eigenvalue weighted by molar-refractivity contribution is 7.98. The molecule has 4 nitrogen and oxygen atoms in total. The fourth-order valence-corrected chi connectivity index (χ4v) is 2.11. The zero-order valence-corrected chi connectivity index (χ0v) is 9.51. The fourth-order valence-electron chi connectivity index (χ4n) is 1.44. The van der Waals surface area contributed by atoms with Crippen molar-refractivity contribution in [2.45, 2.75) is 18.4 Å². The Bertz CT molecular complexity index is 391. The van der Waals surface area contributed by atoms with E-state index in [4.69, 9.17) is 16.0 Å². The Kier molecular flexibility index (Phi) is 3.99. The highest BCUT2D eigenvalue weighted by atomic mass is 32.2. The zero-order valence-electron chi connectivity index (χ0n) is 8.69. The maximum Gasteiger partial charge on any atom is 0.171 e. The van der Waals surface area contributed by atoms with Gasteiger partial charge in [-0.1, -0.05) is 11.2 Å². The van der Waals surface area contributed by atoms with E-state index in [-0.39, 0.29) is 12.4 Å². The molecule has 5 heteroatoms. The van der Waals surface area contributed by atoms with Gasteiger partial charge >= 0.3 is 0 Å². The molecular weight excluding hydrogens is 212 g/mol. The number of benzene rings is 1. The lowest BCUT2D eigenvalue weighted by molar-refractivity contribution is 0.281. The SMILES string of the molecule is CSc1ccc(CO)c(C)c1/C(N)=N/O. The first kappa shape index (κ1) is 11.9. The predicted octanol–water partition coefficient (Wildman–Crippen LogP) is 1.30. The summed E-state index contributed by atoms with van der Waals surface area (Å²) in [6.07, 6.45) is 1.92. The van der Waals surface area contributed by atoms with Crippen LogP contribution >= 0.6 is 11.8 Å². The summed E-state index contributed by atoms with van der Waals surface area (Å²) in [7, 11) is 0. The third-order valence-corrected chi connectivity index (χ3v) is 3.07. The molecule has 0 spiro atoms. The molecule has 0 fully saturated rings. The largest absolute Gasteiger partial charge is 0.409 e. The van der Waals surface area contributed by atoms with E-state index in [1.807, 2.05) is 25.3 Å². The smallest absolute Gasteiger partial charge is 0.171 e. The van der Waals surface area contributed by atoms with Gasteiger partial charge in [-0.15, -0.1) is 11.8 Å². The van der Waals surface area contributed by atoms with Crippen molar-refractivity contribution in [3.05, 3.63) is 28.8 Å². The van der Waals surface area contributed by atoms with E-state index >= 15 is 0 Å². The van der Waals surface area contributed by atoms with Crippen molar-refractivity contribution >= 4 is 17.6 Å². The van der Waals surface area contributed by atoms with Crippen LogP contribution in [0.15, 0.2) is 22.2 Å². The van der Waals surface area contributed by atoms with Crippen molar-refractivity contribution in [2.75, 3.05) is 6.26 Å². The number of thioether (sulfide) groups is 1. The molecule has 0 atom stereocenters. The quantitative estimate of drug-likeness (QED) is 0.239. The minimum absolute atomic E-state index is 0.0494. The average Bonchev–Trinajstić information content (AvgIpc) is 2.27. The van der Waals surface area contributed by atoms with Crippen LogP contribution in [0.25, 0.3) is 0 Å². The van der Waals surface area contributed by atoms with Crippen LogP contribution < -0.4 is 5.73 Å². The minimum atomic E-state index is -0.0494. The number of aliphatic hydroxyl groups is 1. The van der Waals surface area contributed by atoms with Crippen LogP contribution in [0.1, 0.15) is 16.7 Å². The summed E-state index contributed by atoms with van der Waals surface area (Å²) in [5, 5.41) is 20.8. The molecule has 1 aromatic carbocycles. The van der Waals surface area contributed by atoms with Crippen molar-refractivity contribution < 1.29 is 10.3 Å². The van der Waals surface area contributed by atoms with E-state index in [0.29, 0.717) is 5.56 Å². The first-order valence-corrected chi connectivity index (χ1v) is 5.63. The van der Waals surface area contributed by atoms with Gasteiger partial charge in [-0.3, -0.25) is 0 Å². The van der Waals surface area contributed by atoms with Crippen LogP contribution in [-0.4, -0.2) is 22.4 Å². The number of rotatable bonds is 3. The molecular formula is C10H14N2O2S. The van der Waals surface area contributed by atoms with Gasteiger partial charge in [0.25, 0.3) is 0 Å². The molecule has 0 aliphatic heterocycles. The van der Waals surface area contributed by atoms with Crippen LogP contribution in [0.3, 0.4) is 0 Å². The number of amidine groups is 1. The van der Waals surface area contributed by atoms with Gasteiger partial charge in [0.15, 0.2) is 5.84 Å². The zero-order chi connectivity index (χ0) is 11.4. The molecule has 0 saturated heterocycles. The summed E-state index contributed by atoms with van der Waals surface area (Å²) < 4.78 is 0.